The van der Waals surface area contributed by atoms with Gasteiger partial charge in [0.2, 0.25) is 0 Å². The van der Waals surface area contributed by atoms with Crippen LogP contribution in [0.15, 0.2) is 41.3 Å². The Morgan fingerprint density at radius 2 is 2.05 bits per heavy atom. The van der Waals surface area contributed by atoms with Crippen molar-refractivity contribution >= 4 is 21.4 Å². The van der Waals surface area contributed by atoms with E-state index in [1.54, 1.807) is 25.1 Å². The Labute approximate surface area is 132 Å². The number of benzene rings is 1. The monoisotopic (exact) mass is 325 g/mol. The van der Waals surface area contributed by atoms with Crippen molar-refractivity contribution < 1.29 is 13.2 Å². The smallest absolute Gasteiger partial charge is 0.273 e. The van der Waals surface area contributed by atoms with E-state index in [-0.39, 0.29) is 16.3 Å². The second-order valence-corrected chi connectivity index (χ2v) is 6.42. The molecule has 6 nitrogen and oxygen atoms in total. The molecule has 1 aromatic rings. The van der Waals surface area contributed by atoms with E-state index in [1.165, 1.54) is 19.2 Å². The summed E-state index contributed by atoms with van der Waals surface area (Å²) in [7, 11) is -2.32. The van der Waals surface area contributed by atoms with Gasteiger partial charge in [0.25, 0.3) is 10.0 Å². The molecule has 4 N–H and O–H groups in total. The Morgan fingerprint density at radius 1 is 1.36 bits per heavy atom. The number of nitrogens with two attached hydrogens (primary N) is 2. The molecule has 0 bridgehead atoms. The van der Waals surface area contributed by atoms with Gasteiger partial charge in [0.1, 0.15) is 5.75 Å². The second-order valence-electron chi connectivity index (χ2n) is 4.55. The Morgan fingerprint density at radius 3 is 2.55 bits per heavy atom. The Bertz CT molecular complexity index is 667. The molecule has 0 atom stereocenters. The number of nitrogen functional groups attached to an aromatic ring is 1. The zero-order valence-corrected chi connectivity index (χ0v) is 13.9. The molecular formula is C15H23N3O3S. The predicted octanol–water partition coefficient (Wildman–Crippen LogP) is 2.55. The van der Waals surface area contributed by atoms with Gasteiger partial charge in [-0.3, -0.25) is 0 Å². The van der Waals surface area contributed by atoms with Gasteiger partial charge in [0.05, 0.1) is 23.4 Å². The number of allylic oxidation sites excluding steroid dienone is 4. The van der Waals surface area contributed by atoms with Crippen LogP contribution in [0.4, 0.5) is 11.4 Å². The largest absolute Gasteiger partial charge is 0.497 e. The minimum absolute atomic E-state index is 0.208. The number of sulfonamides is 1. The number of methoxy groups -OCH3 is 1. The van der Waals surface area contributed by atoms with Gasteiger partial charge in [-0.25, -0.2) is 14.3 Å². The summed E-state index contributed by atoms with van der Waals surface area (Å²) in [6.07, 6.45) is 6.29. The van der Waals surface area contributed by atoms with Crippen LogP contribution in [0.3, 0.4) is 0 Å². The molecule has 0 saturated carbocycles. The summed E-state index contributed by atoms with van der Waals surface area (Å²) in [6, 6.07) is 4.64. The average Bonchev–Trinajstić information content (AvgIpc) is 2.50. The number of hydrogen-bond donors (Lipinski definition) is 2. The van der Waals surface area contributed by atoms with Crippen molar-refractivity contribution in [3.8, 4) is 5.75 Å². The van der Waals surface area contributed by atoms with Crippen molar-refractivity contribution in [2.75, 3.05) is 17.3 Å². The third-order valence-electron chi connectivity index (χ3n) is 3.06. The Balaban J connectivity index is 3.21. The summed E-state index contributed by atoms with van der Waals surface area (Å²) in [4.78, 5) is 0.218. The van der Waals surface area contributed by atoms with Crippen molar-refractivity contribution in [2.45, 2.75) is 26.7 Å². The van der Waals surface area contributed by atoms with E-state index in [1.807, 2.05) is 13.0 Å². The zero-order valence-electron chi connectivity index (χ0n) is 13.1. The van der Waals surface area contributed by atoms with Crippen LogP contribution in [-0.4, -0.2) is 15.5 Å². The second kappa shape index (κ2) is 7.86. The summed E-state index contributed by atoms with van der Waals surface area (Å²) >= 11 is 0. The van der Waals surface area contributed by atoms with Gasteiger partial charge in [-0.2, -0.15) is 4.41 Å². The lowest BCUT2D eigenvalue weighted by Gasteiger charge is -2.21. The lowest BCUT2D eigenvalue weighted by Crippen LogP contribution is -2.38. The number of hydrazine groups is 1. The van der Waals surface area contributed by atoms with Crippen LogP contribution in [0, 0.1) is 0 Å². The van der Waals surface area contributed by atoms with E-state index in [0.29, 0.717) is 16.6 Å². The van der Waals surface area contributed by atoms with Crippen LogP contribution < -0.4 is 20.7 Å². The van der Waals surface area contributed by atoms with Gasteiger partial charge < -0.3 is 10.5 Å². The van der Waals surface area contributed by atoms with Crippen LogP contribution in [0.1, 0.15) is 26.7 Å². The fraction of sp³-hybridized carbons (Fsp3) is 0.333. The first-order chi connectivity index (χ1) is 10.4. The summed E-state index contributed by atoms with van der Waals surface area (Å²) in [5.41, 5.74) is 6.29. The van der Waals surface area contributed by atoms with E-state index >= 15 is 0 Å². The molecule has 0 amide bonds. The molecule has 0 aliphatic rings. The van der Waals surface area contributed by atoms with E-state index in [9.17, 15) is 8.42 Å². The normalized spacial score (nSPS) is 12.6. The molecule has 0 fully saturated rings. The Hall–Kier alpha value is -1.99. The molecule has 0 aromatic heterocycles. The van der Waals surface area contributed by atoms with Crippen molar-refractivity contribution in [3.63, 3.8) is 0 Å². The first-order valence-electron chi connectivity index (χ1n) is 6.97. The lowest BCUT2D eigenvalue weighted by molar-refractivity contribution is 0.415. The van der Waals surface area contributed by atoms with E-state index in [0.717, 1.165) is 6.42 Å². The highest BCUT2D eigenvalue weighted by Gasteiger charge is 2.24. The maximum Gasteiger partial charge on any atom is 0.273 e. The Kier molecular flexibility index (Phi) is 6.45. The molecule has 1 rings (SSSR count). The van der Waals surface area contributed by atoms with Crippen LogP contribution in [0.2, 0.25) is 0 Å². The highest BCUT2D eigenvalue weighted by molar-refractivity contribution is 7.96. The maximum absolute atomic E-state index is 12.6. The molecule has 0 radical (unpaired) electrons. The van der Waals surface area contributed by atoms with Crippen molar-refractivity contribution in [3.05, 3.63) is 41.3 Å². The standard InChI is InChI=1S/C15H23N3O3S/c1-4-6-7-8-13(5-2)22(19,20)18(17)15-10-9-12(21-3)11-14(15)16/h6-11H,4-5,16-17H2,1-3H3/b7-6-,13-8+. The van der Waals surface area contributed by atoms with Crippen LogP contribution in [0.5, 0.6) is 5.75 Å². The molecule has 0 aliphatic carbocycles. The summed E-state index contributed by atoms with van der Waals surface area (Å²) < 4.78 is 30.9. The SMILES string of the molecule is CC/C=C\C=C(/CC)S(=O)(=O)N(N)c1ccc(OC)cc1N. The fourth-order valence-electron chi connectivity index (χ4n) is 1.81. The fourth-order valence-corrected chi connectivity index (χ4v) is 3.11. The molecule has 22 heavy (non-hydrogen) atoms. The third kappa shape index (κ3) is 4.02. The van der Waals surface area contributed by atoms with Gasteiger partial charge in [0.15, 0.2) is 0 Å². The summed E-state index contributed by atoms with van der Waals surface area (Å²) in [5.74, 6) is 6.34. The highest BCUT2D eigenvalue weighted by Crippen LogP contribution is 2.29. The van der Waals surface area contributed by atoms with Crippen LogP contribution >= 0.6 is 0 Å². The summed E-state index contributed by atoms with van der Waals surface area (Å²) in [6.45, 7) is 3.73. The lowest BCUT2D eigenvalue weighted by atomic mass is 10.2. The number of rotatable bonds is 7. The number of nitrogens with zero attached hydrogens (tertiary/aromatic N) is 1. The molecular weight excluding hydrogens is 302 g/mol. The van der Waals surface area contributed by atoms with Gasteiger partial charge >= 0.3 is 0 Å². The van der Waals surface area contributed by atoms with E-state index in [2.05, 4.69) is 0 Å². The molecule has 0 heterocycles. The summed E-state index contributed by atoms with van der Waals surface area (Å²) in [5, 5.41) is 0. The van der Waals surface area contributed by atoms with Crippen LogP contribution in [0.25, 0.3) is 0 Å². The van der Waals surface area contributed by atoms with E-state index < -0.39 is 10.0 Å². The molecule has 0 spiro atoms. The van der Waals surface area contributed by atoms with Gasteiger partial charge in [-0.05, 0) is 31.1 Å². The quantitative estimate of drug-likeness (QED) is 0.347. The molecule has 0 saturated heterocycles. The topological polar surface area (TPSA) is 98.7 Å². The van der Waals surface area contributed by atoms with Crippen molar-refractivity contribution in [1.29, 1.82) is 0 Å². The van der Waals surface area contributed by atoms with Crippen molar-refractivity contribution in [1.82, 2.24) is 0 Å². The number of ether oxygens (including phenoxy) is 1. The number of hydrogen-bond acceptors (Lipinski definition) is 5. The molecule has 1 aromatic carbocycles. The molecule has 122 valence electrons. The zero-order chi connectivity index (χ0) is 16.8. The first kappa shape index (κ1) is 18.1. The van der Waals surface area contributed by atoms with E-state index in [4.69, 9.17) is 16.3 Å². The average molecular weight is 325 g/mol. The molecule has 0 unspecified atom stereocenters. The molecule has 7 heteroatoms. The first-order valence-corrected chi connectivity index (χ1v) is 8.41. The van der Waals surface area contributed by atoms with Gasteiger partial charge in [0, 0.05) is 6.07 Å². The third-order valence-corrected chi connectivity index (χ3v) is 4.87. The highest BCUT2D eigenvalue weighted by atomic mass is 32.2. The minimum Gasteiger partial charge on any atom is -0.497 e. The van der Waals surface area contributed by atoms with Gasteiger partial charge in [-0.1, -0.05) is 26.0 Å². The van der Waals surface area contributed by atoms with Gasteiger partial charge in [-0.15, -0.1) is 0 Å². The predicted molar refractivity (Wildman–Crippen MR) is 90.8 cm³/mol. The maximum atomic E-state index is 12.6. The van der Waals surface area contributed by atoms with Crippen molar-refractivity contribution in [2.24, 2.45) is 5.84 Å². The molecule has 0 aliphatic heterocycles. The van der Waals surface area contributed by atoms with Crippen LogP contribution in [-0.2, 0) is 10.0 Å². The number of anilines is 2. The minimum atomic E-state index is -3.83.